The summed E-state index contributed by atoms with van der Waals surface area (Å²) in [6.07, 6.45) is 2.79. The Balaban J connectivity index is 1.43. The van der Waals surface area contributed by atoms with Gasteiger partial charge in [-0.2, -0.15) is 9.40 Å². The summed E-state index contributed by atoms with van der Waals surface area (Å²) in [5.41, 5.74) is 3.27. The number of sulfonamides is 1. The number of rotatable bonds is 8. The molecule has 1 amide bonds. The standard InChI is InChI=1S/C28H37N5O4S/c1-28(2,3)33-26(20-23(30-33)12-9-21-7-6-8-25(19-21)37-4)29-27(34)22-10-13-24(14-11-22)31-15-17-32(18-16-31)38(5,35)36/h6-8,10-11,13-14,19-20H,9,12,15-18H2,1-5H3,(H,29,34). The van der Waals surface area contributed by atoms with Crippen molar-refractivity contribution in [1.29, 1.82) is 0 Å². The van der Waals surface area contributed by atoms with Gasteiger partial charge in [0.25, 0.3) is 5.91 Å². The predicted octanol–water partition coefficient (Wildman–Crippen LogP) is 3.77. The van der Waals surface area contributed by atoms with E-state index in [-0.39, 0.29) is 11.4 Å². The minimum absolute atomic E-state index is 0.205. The van der Waals surface area contributed by atoms with Gasteiger partial charge in [0.05, 0.1) is 24.6 Å². The van der Waals surface area contributed by atoms with Crippen LogP contribution in [0.1, 0.15) is 42.4 Å². The van der Waals surface area contributed by atoms with E-state index in [1.165, 1.54) is 10.6 Å². The van der Waals surface area contributed by atoms with E-state index in [4.69, 9.17) is 9.84 Å². The average molecular weight is 540 g/mol. The number of piperazine rings is 1. The predicted molar refractivity (Wildman–Crippen MR) is 151 cm³/mol. The quantitative estimate of drug-likeness (QED) is 0.468. The van der Waals surface area contributed by atoms with Gasteiger partial charge in [-0.1, -0.05) is 12.1 Å². The molecule has 4 rings (SSSR count). The monoisotopic (exact) mass is 539 g/mol. The number of carbonyl (C=O) groups is 1. The maximum atomic E-state index is 13.1. The lowest BCUT2D eigenvalue weighted by molar-refractivity contribution is 0.102. The maximum absolute atomic E-state index is 13.1. The fourth-order valence-electron chi connectivity index (χ4n) is 4.54. The van der Waals surface area contributed by atoms with E-state index in [1.54, 1.807) is 19.2 Å². The number of nitrogens with zero attached hydrogens (tertiary/aromatic N) is 4. The summed E-state index contributed by atoms with van der Waals surface area (Å²) in [6, 6.07) is 17.4. The number of hydrogen-bond donors (Lipinski definition) is 1. The molecule has 1 N–H and O–H groups in total. The molecule has 1 aromatic heterocycles. The van der Waals surface area contributed by atoms with Crippen LogP contribution < -0.4 is 15.0 Å². The van der Waals surface area contributed by atoms with Crippen molar-refractivity contribution in [2.75, 3.05) is 49.8 Å². The summed E-state index contributed by atoms with van der Waals surface area (Å²) in [5, 5.41) is 7.85. The number of aromatic nitrogens is 2. The Labute approximate surface area is 225 Å². The maximum Gasteiger partial charge on any atom is 0.256 e. The molecule has 0 atom stereocenters. The third-order valence-corrected chi connectivity index (χ3v) is 7.95. The Kier molecular flexibility index (Phi) is 8.13. The van der Waals surface area contributed by atoms with Crippen LogP contribution in [0.4, 0.5) is 11.5 Å². The summed E-state index contributed by atoms with van der Waals surface area (Å²) in [4.78, 5) is 15.3. The molecule has 1 aliphatic rings. The van der Waals surface area contributed by atoms with E-state index in [0.29, 0.717) is 37.6 Å². The Morgan fingerprint density at radius 2 is 1.68 bits per heavy atom. The molecule has 2 heterocycles. The van der Waals surface area contributed by atoms with Crippen LogP contribution >= 0.6 is 0 Å². The molecule has 0 saturated carbocycles. The molecule has 1 aliphatic heterocycles. The number of amides is 1. The first kappa shape index (κ1) is 27.7. The molecule has 2 aromatic carbocycles. The van der Waals surface area contributed by atoms with Crippen LogP contribution in [0.2, 0.25) is 0 Å². The van der Waals surface area contributed by atoms with Crippen molar-refractivity contribution >= 4 is 27.4 Å². The minimum Gasteiger partial charge on any atom is -0.497 e. The molecule has 10 heteroatoms. The molecule has 204 valence electrons. The van der Waals surface area contributed by atoms with Crippen LogP contribution in [0.15, 0.2) is 54.6 Å². The largest absolute Gasteiger partial charge is 0.497 e. The third kappa shape index (κ3) is 6.73. The van der Waals surface area contributed by atoms with Gasteiger partial charge in [-0.25, -0.2) is 13.1 Å². The van der Waals surface area contributed by atoms with Gasteiger partial charge in [0.1, 0.15) is 11.6 Å². The summed E-state index contributed by atoms with van der Waals surface area (Å²) in [7, 11) is -1.51. The molecule has 0 aliphatic carbocycles. The van der Waals surface area contributed by atoms with Crippen molar-refractivity contribution in [1.82, 2.24) is 14.1 Å². The first-order valence-electron chi connectivity index (χ1n) is 12.8. The second kappa shape index (κ2) is 11.2. The smallest absolute Gasteiger partial charge is 0.256 e. The van der Waals surface area contributed by atoms with Gasteiger partial charge in [-0.15, -0.1) is 0 Å². The summed E-state index contributed by atoms with van der Waals surface area (Å²) in [5.74, 6) is 1.28. The molecular formula is C28H37N5O4S. The van der Waals surface area contributed by atoms with Crippen LogP contribution in [-0.4, -0.2) is 68.0 Å². The minimum atomic E-state index is -3.17. The number of methoxy groups -OCH3 is 1. The van der Waals surface area contributed by atoms with Gasteiger partial charge in [-0.05, 0) is 75.6 Å². The van der Waals surface area contributed by atoms with E-state index in [1.807, 2.05) is 41.1 Å². The molecule has 9 nitrogen and oxygen atoms in total. The molecular weight excluding hydrogens is 502 g/mol. The van der Waals surface area contributed by atoms with Crippen LogP contribution in [-0.2, 0) is 28.4 Å². The zero-order valence-electron chi connectivity index (χ0n) is 22.8. The molecule has 0 radical (unpaired) electrons. The highest BCUT2D eigenvalue weighted by atomic mass is 32.2. The van der Waals surface area contributed by atoms with Crippen molar-refractivity contribution in [3.05, 3.63) is 71.4 Å². The third-order valence-electron chi connectivity index (χ3n) is 6.64. The molecule has 0 spiro atoms. The highest BCUT2D eigenvalue weighted by Gasteiger charge is 2.24. The highest BCUT2D eigenvalue weighted by Crippen LogP contribution is 2.24. The number of anilines is 2. The van der Waals surface area contributed by atoms with Crippen LogP contribution in [0.25, 0.3) is 0 Å². The Morgan fingerprint density at radius 1 is 1.00 bits per heavy atom. The van der Waals surface area contributed by atoms with Crippen molar-refractivity contribution in [3.8, 4) is 5.75 Å². The van der Waals surface area contributed by atoms with Crippen LogP contribution in [0.5, 0.6) is 5.75 Å². The van der Waals surface area contributed by atoms with E-state index in [0.717, 1.165) is 35.5 Å². The summed E-state index contributed by atoms with van der Waals surface area (Å²) in [6.45, 7) is 8.30. The van der Waals surface area contributed by atoms with Crippen molar-refractivity contribution in [3.63, 3.8) is 0 Å². The SMILES string of the molecule is COc1cccc(CCc2cc(NC(=O)c3ccc(N4CCN(S(C)(=O)=O)CC4)cc3)n(C(C)(C)C)n2)c1. The Hall–Kier alpha value is -3.37. The topological polar surface area (TPSA) is 96.8 Å². The lowest BCUT2D eigenvalue weighted by Gasteiger charge is -2.34. The van der Waals surface area contributed by atoms with Crippen molar-refractivity contribution < 1.29 is 17.9 Å². The zero-order valence-corrected chi connectivity index (χ0v) is 23.6. The molecule has 38 heavy (non-hydrogen) atoms. The first-order valence-corrected chi connectivity index (χ1v) is 14.6. The Bertz CT molecular complexity index is 1370. The van der Waals surface area contributed by atoms with Gasteiger partial charge in [-0.3, -0.25) is 4.79 Å². The van der Waals surface area contributed by atoms with Gasteiger partial charge in [0.15, 0.2) is 0 Å². The average Bonchev–Trinajstić information content (AvgIpc) is 3.30. The molecule has 3 aromatic rings. The summed E-state index contributed by atoms with van der Waals surface area (Å²) < 4.78 is 32.2. The molecule has 1 saturated heterocycles. The van der Waals surface area contributed by atoms with Crippen LogP contribution in [0.3, 0.4) is 0 Å². The van der Waals surface area contributed by atoms with E-state index >= 15 is 0 Å². The molecule has 0 unspecified atom stereocenters. The zero-order chi connectivity index (χ0) is 27.5. The second-order valence-electron chi connectivity index (χ2n) is 10.6. The van der Waals surface area contributed by atoms with E-state index in [9.17, 15) is 13.2 Å². The lowest BCUT2D eigenvalue weighted by atomic mass is 10.1. The fourth-order valence-corrected chi connectivity index (χ4v) is 5.37. The number of aryl methyl sites for hydroxylation is 2. The summed E-state index contributed by atoms with van der Waals surface area (Å²) >= 11 is 0. The van der Waals surface area contributed by atoms with Crippen molar-refractivity contribution in [2.24, 2.45) is 0 Å². The second-order valence-corrected chi connectivity index (χ2v) is 12.6. The number of ether oxygens (including phenoxy) is 1. The van der Waals surface area contributed by atoms with E-state index < -0.39 is 10.0 Å². The van der Waals surface area contributed by atoms with Gasteiger partial charge >= 0.3 is 0 Å². The lowest BCUT2D eigenvalue weighted by Crippen LogP contribution is -2.48. The fraction of sp³-hybridized carbons (Fsp3) is 0.429. The number of nitrogens with one attached hydrogen (secondary N) is 1. The van der Waals surface area contributed by atoms with Gasteiger partial charge < -0.3 is 15.0 Å². The molecule has 0 bridgehead atoms. The van der Waals surface area contributed by atoms with E-state index in [2.05, 4.69) is 37.1 Å². The normalized spacial score (nSPS) is 14.9. The van der Waals surface area contributed by atoms with Gasteiger partial charge in [0.2, 0.25) is 10.0 Å². The first-order chi connectivity index (χ1) is 17.9. The number of hydrogen-bond acceptors (Lipinski definition) is 6. The number of benzene rings is 2. The van der Waals surface area contributed by atoms with Crippen molar-refractivity contribution in [2.45, 2.75) is 39.2 Å². The van der Waals surface area contributed by atoms with Crippen LogP contribution in [0, 0.1) is 0 Å². The highest BCUT2D eigenvalue weighted by molar-refractivity contribution is 7.88. The Morgan fingerprint density at radius 3 is 2.29 bits per heavy atom. The molecule has 1 fully saturated rings. The van der Waals surface area contributed by atoms with Gasteiger partial charge in [0, 0.05) is 43.5 Å². The number of carbonyl (C=O) groups excluding carboxylic acids is 1.